The average molecular weight is 924 g/mol. The zero-order chi connectivity index (χ0) is 48.6. The molecule has 0 heterocycles. The zero-order valence-corrected chi connectivity index (χ0v) is 41.5. The number of anilines is 3. The molecule has 0 amide bonds. The minimum absolute atomic E-state index is 0.0364. The van der Waals surface area contributed by atoms with E-state index in [9.17, 15) is 0 Å². The second kappa shape index (κ2) is 17.0. The molecule has 0 unspecified atom stereocenters. The summed E-state index contributed by atoms with van der Waals surface area (Å²) in [6, 6.07) is 93.4. The van der Waals surface area contributed by atoms with E-state index >= 15 is 0 Å². The van der Waals surface area contributed by atoms with Gasteiger partial charge in [-0.3, -0.25) is 0 Å². The molecular weight excluding hydrogens is 867 g/mol. The van der Waals surface area contributed by atoms with Gasteiger partial charge in [0.2, 0.25) is 0 Å². The maximum absolute atomic E-state index is 2.59. The summed E-state index contributed by atoms with van der Waals surface area (Å²) in [7, 11) is 0. The van der Waals surface area contributed by atoms with Crippen molar-refractivity contribution in [3.63, 3.8) is 0 Å². The minimum Gasteiger partial charge on any atom is -0.310 e. The van der Waals surface area contributed by atoms with Crippen molar-refractivity contribution < 1.29 is 0 Å². The van der Waals surface area contributed by atoms with Gasteiger partial charge in [-0.15, -0.1) is 0 Å². The van der Waals surface area contributed by atoms with E-state index in [-0.39, 0.29) is 10.8 Å². The molecule has 0 saturated carbocycles. The molecule has 11 aromatic carbocycles. The summed E-state index contributed by atoms with van der Waals surface area (Å²) in [5, 5.41) is 5.00. The van der Waals surface area contributed by atoms with Crippen LogP contribution in [0.15, 0.2) is 249 Å². The van der Waals surface area contributed by atoms with Crippen LogP contribution < -0.4 is 4.90 Å². The molecule has 0 fully saturated rings. The molecule has 2 aliphatic carbocycles. The first-order valence-corrected chi connectivity index (χ1v) is 25.7. The molecule has 11 aromatic rings. The number of hydrogen-bond donors (Lipinski definition) is 0. The van der Waals surface area contributed by atoms with Gasteiger partial charge < -0.3 is 4.90 Å². The first-order valence-electron chi connectivity index (χ1n) is 25.7. The molecule has 13 rings (SSSR count). The molecule has 0 radical (unpaired) electrons. The summed E-state index contributed by atoms with van der Waals surface area (Å²) >= 11 is 0. The summed E-state index contributed by atoms with van der Waals surface area (Å²) in [5.41, 5.74) is 20.7. The average Bonchev–Trinajstić information content (AvgIpc) is 3.72. The first kappa shape index (κ1) is 43.7. The Morgan fingerprint density at radius 1 is 0.319 bits per heavy atom. The van der Waals surface area contributed by atoms with Gasteiger partial charge in [0.15, 0.2) is 0 Å². The summed E-state index contributed by atoms with van der Waals surface area (Å²) in [6.07, 6.45) is 2.27. The molecule has 0 N–H and O–H groups in total. The lowest BCUT2D eigenvalue weighted by atomic mass is 9.61. The van der Waals surface area contributed by atoms with Crippen LogP contribution >= 0.6 is 0 Å². The Bertz CT molecular complexity index is 3670. The molecule has 1 nitrogen and oxygen atoms in total. The Morgan fingerprint density at radius 2 is 0.764 bits per heavy atom. The molecule has 0 aliphatic heterocycles. The van der Waals surface area contributed by atoms with E-state index in [1.807, 2.05) is 0 Å². The van der Waals surface area contributed by atoms with Crippen LogP contribution in [0.4, 0.5) is 17.1 Å². The monoisotopic (exact) mass is 923 g/mol. The van der Waals surface area contributed by atoms with Crippen LogP contribution in [0, 0.1) is 0 Å². The molecule has 1 heteroatoms. The van der Waals surface area contributed by atoms with E-state index in [2.05, 4.69) is 281 Å². The van der Waals surface area contributed by atoms with Gasteiger partial charge >= 0.3 is 0 Å². The Labute approximate surface area is 424 Å². The SMILES string of the molecule is CC1(C)CCC(C)(C)c2c(-c3cc4c(cc3N(c3ccc(-c5cccc6ccccc56)cc3)c3ccc(-c5cccc6ccccc56)cc3)C(c3ccccc3)(c3ccccc3)c3ccccc3-4)cccc21. The predicted molar refractivity (Wildman–Crippen MR) is 305 cm³/mol. The highest BCUT2D eigenvalue weighted by Gasteiger charge is 2.47. The van der Waals surface area contributed by atoms with Crippen molar-refractivity contribution in [2.24, 2.45) is 0 Å². The first-order chi connectivity index (χ1) is 35.2. The molecule has 0 aromatic heterocycles. The van der Waals surface area contributed by atoms with Gasteiger partial charge in [-0.05, 0) is 154 Å². The third kappa shape index (κ3) is 6.90. The van der Waals surface area contributed by atoms with Crippen molar-refractivity contribution in [2.75, 3.05) is 4.90 Å². The summed E-state index contributed by atoms with van der Waals surface area (Å²) < 4.78 is 0. The van der Waals surface area contributed by atoms with E-state index in [1.54, 1.807) is 0 Å². The molecule has 72 heavy (non-hydrogen) atoms. The Morgan fingerprint density at radius 3 is 1.35 bits per heavy atom. The highest BCUT2D eigenvalue weighted by Crippen LogP contribution is 2.60. The molecule has 346 valence electrons. The zero-order valence-electron chi connectivity index (χ0n) is 41.5. The fraction of sp³-hybridized carbons (Fsp3) is 0.127. The van der Waals surface area contributed by atoms with Crippen molar-refractivity contribution in [3.05, 3.63) is 282 Å². The van der Waals surface area contributed by atoms with Gasteiger partial charge in [0.25, 0.3) is 0 Å². The number of hydrogen-bond acceptors (Lipinski definition) is 1. The van der Waals surface area contributed by atoms with E-state index in [0.29, 0.717) is 0 Å². The summed E-state index contributed by atoms with van der Waals surface area (Å²) in [6.45, 7) is 9.83. The van der Waals surface area contributed by atoms with E-state index in [1.165, 1.54) is 99.4 Å². The second-order valence-corrected chi connectivity index (χ2v) is 21.4. The van der Waals surface area contributed by atoms with Crippen molar-refractivity contribution in [2.45, 2.75) is 56.8 Å². The number of nitrogens with zero attached hydrogens (tertiary/aromatic N) is 1. The van der Waals surface area contributed by atoms with E-state index < -0.39 is 5.41 Å². The fourth-order valence-corrected chi connectivity index (χ4v) is 12.8. The maximum Gasteiger partial charge on any atom is 0.0714 e. The van der Waals surface area contributed by atoms with E-state index in [0.717, 1.165) is 29.9 Å². The van der Waals surface area contributed by atoms with Crippen molar-refractivity contribution in [1.29, 1.82) is 0 Å². The van der Waals surface area contributed by atoms with Crippen molar-refractivity contribution in [1.82, 2.24) is 0 Å². The van der Waals surface area contributed by atoms with E-state index in [4.69, 9.17) is 0 Å². The summed E-state index contributed by atoms with van der Waals surface area (Å²) in [5.74, 6) is 0. The normalized spacial score (nSPS) is 14.9. The standard InChI is InChI=1S/C71H57N/c1-69(2)44-45-70(3,4)68-61(33-19-35-65(68)69)63-46-62-60-30-15-16-34-64(60)71(52-24-7-5-8-25-52,53-26-9-6-10-27-53)66(62)47-67(63)72(54-40-36-50(37-41-54)58-31-17-22-48-20-11-13-28-56(48)58)55-42-38-51(39-43-55)59-32-18-23-49-21-12-14-29-57(49)59/h5-43,46-47H,44-45H2,1-4H3. The van der Waals surface area contributed by atoms with Gasteiger partial charge in [-0.25, -0.2) is 0 Å². The number of benzene rings is 11. The van der Waals surface area contributed by atoms with Crippen LogP contribution in [0.1, 0.15) is 73.9 Å². The highest BCUT2D eigenvalue weighted by molar-refractivity contribution is 6.01. The third-order valence-corrected chi connectivity index (χ3v) is 16.4. The molecule has 2 aliphatic rings. The Hall–Kier alpha value is -8.26. The lowest BCUT2D eigenvalue weighted by Gasteiger charge is -2.43. The Balaban J connectivity index is 1.12. The smallest absolute Gasteiger partial charge is 0.0714 e. The fourth-order valence-electron chi connectivity index (χ4n) is 12.8. The maximum atomic E-state index is 2.59. The second-order valence-electron chi connectivity index (χ2n) is 21.4. The highest BCUT2D eigenvalue weighted by atomic mass is 15.1. The third-order valence-electron chi connectivity index (χ3n) is 16.4. The lowest BCUT2D eigenvalue weighted by Crippen LogP contribution is -2.34. The summed E-state index contributed by atoms with van der Waals surface area (Å²) in [4.78, 5) is 2.56. The molecule has 0 bridgehead atoms. The van der Waals surface area contributed by atoms with Gasteiger partial charge in [0.05, 0.1) is 11.1 Å². The molecular formula is C71H57N. The molecule has 0 atom stereocenters. The van der Waals surface area contributed by atoms with Crippen LogP contribution in [0.5, 0.6) is 0 Å². The topological polar surface area (TPSA) is 3.24 Å². The van der Waals surface area contributed by atoms with Crippen LogP contribution in [-0.4, -0.2) is 0 Å². The molecule has 0 saturated heterocycles. The van der Waals surface area contributed by atoms with Crippen molar-refractivity contribution in [3.8, 4) is 44.5 Å². The number of rotatable bonds is 8. The largest absolute Gasteiger partial charge is 0.310 e. The van der Waals surface area contributed by atoms with Crippen LogP contribution in [-0.2, 0) is 16.2 Å². The Kier molecular flexibility index (Phi) is 10.3. The van der Waals surface area contributed by atoms with Gasteiger partial charge in [-0.1, -0.05) is 240 Å². The van der Waals surface area contributed by atoms with Gasteiger partial charge in [0.1, 0.15) is 0 Å². The van der Waals surface area contributed by atoms with Crippen LogP contribution in [0.3, 0.4) is 0 Å². The lowest BCUT2D eigenvalue weighted by molar-refractivity contribution is 0.333. The quantitative estimate of drug-likeness (QED) is 0.147. The van der Waals surface area contributed by atoms with Crippen molar-refractivity contribution >= 4 is 38.6 Å². The minimum atomic E-state index is -0.582. The number of fused-ring (bicyclic) bond motifs is 6. The predicted octanol–water partition coefficient (Wildman–Crippen LogP) is 19.2. The molecule has 0 spiro atoms. The van der Waals surface area contributed by atoms with Gasteiger partial charge in [0, 0.05) is 16.9 Å². The van der Waals surface area contributed by atoms with Crippen LogP contribution in [0.25, 0.3) is 66.1 Å². The van der Waals surface area contributed by atoms with Crippen LogP contribution in [0.2, 0.25) is 0 Å². The van der Waals surface area contributed by atoms with Gasteiger partial charge in [-0.2, -0.15) is 0 Å².